The van der Waals surface area contributed by atoms with E-state index in [1.54, 1.807) is 0 Å². The SMILES string of the molecule is C=C(CN(Cc1ccccc1)Cc1ccccc1)C[Si](C)(C)c1ccccc1. The number of benzene rings is 3. The van der Waals surface area contributed by atoms with Crippen molar-refractivity contribution in [3.8, 4) is 0 Å². The zero-order valence-electron chi connectivity index (χ0n) is 17.1. The van der Waals surface area contributed by atoms with Gasteiger partial charge in [-0.1, -0.05) is 121 Å². The normalized spacial score (nSPS) is 11.5. The molecule has 2 heteroatoms. The Morgan fingerprint density at radius 2 is 1.14 bits per heavy atom. The van der Waals surface area contributed by atoms with Gasteiger partial charge in [0, 0.05) is 19.6 Å². The highest BCUT2D eigenvalue weighted by atomic mass is 28.3. The van der Waals surface area contributed by atoms with Crippen LogP contribution in [0.25, 0.3) is 0 Å². The Bertz CT molecular complexity index is 815. The number of hydrogen-bond donors (Lipinski definition) is 0. The lowest BCUT2D eigenvalue weighted by Crippen LogP contribution is -2.42. The van der Waals surface area contributed by atoms with Gasteiger partial charge >= 0.3 is 0 Å². The first kappa shape index (κ1) is 20.3. The maximum atomic E-state index is 4.48. The first-order chi connectivity index (χ1) is 13.5. The molecule has 0 spiro atoms. The van der Waals surface area contributed by atoms with E-state index in [1.807, 2.05) is 0 Å². The molecule has 3 aromatic rings. The molecule has 0 saturated heterocycles. The van der Waals surface area contributed by atoms with E-state index in [2.05, 4.69) is 116 Å². The van der Waals surface area contributed by atoms with Crippen LogP contribution < -0.4 is 5.19 Å². The Hall–Kier alpha value is -2.42. The quantitative estimate of drug-likeness (QED) is 0.329. The van der Waals surface area contributed by atoms with Gasteiger partial charge in [0.05, 0.1) is 8.07 Å². The minimum atomic E-state index is -1.52. The molecule has 0 aliphatic carbocycles. The Kier molecular flexibility index (Phi) is 7.02. The predicted octanol–water partition coefficient (Wildman–Crippen LogP) is 5.86. The largest absolute Gasteiger partial charge is 0.291 e. The Balaban J connectivity index is 1.70. The lowest BCUT2D eigenvalue weighted by atomic mass is 10.1. The van der Waals surface area contributed by atoms with Crippen LogP contribution in [0.2, 0.25) is 19.1 Å². The highest BCUT2D eigenvalue weighted by molar-refractivity contribution is 6.90. The van der Waals surface area contributed by atoms with E-state index in [0.717, 1.165) is 25.7 Å². The van der Waals surface area contributed by atoms with Crippen LogP contribution in [0.5, 0.6) is 0 Å². The van der Waals surface area contributed by atoms with Crippen molar-refractivity contribution in [3.63, 3.8) is 0 Å². The topological polar surface area (TPSA) is 3.24 Å². The zero-order chi connectivity index (χ0) is 19.8. The van der Waals surface area contributed by atoms with Gasteiger partial charge in [-0.05, 0) is 17.2 Å². The third-order valence-corrected chi connectivity index (χ3v) is 8.47. The van der Waals surface area contributed by atoms with Gasteiger partial charge in [0.25, 0.3) is 0 Å². The summed E-state index contributed by atoms with van der Waals surface area (Å²) in [7, 11) is -1.52. The Morgan fingerprint density at radius 1 is 0.714 bits per heavy atom. The molecule has 0 radical (unpaired) electrons. The highest BCUT2D eigenvalue weighted by Gasteiger charge is 2.24. The lowest BCUT2D eigenvalue weighted by molar-refractivity contribution is 0.279. The summed E-state index contributed by atoms with van der Waals surface area (Å²) in [5.74, 6) is 0. The summed E-state index contributed by atoms with van der Waals surface area (Å²) in [5.41, 5.74) is 4.05. The average Bonchev–Trinajstić information content (AvgIpc) is 2.70. The molecular formula is C26H31NSi. The van der Waals surface area contributed by atoms with Crippen molar-refractivity contribution in [2.24, 2.45) is 0 Å². The van der Waals surface area contributed by atoms with Crippen LogP contribution in [0.3, 0.4) is 0 Å². The lowest BCUT2D eigenvalue weighted by Gasteiger charge is -2.28. The van der Waals surface area contributed by atoms with E-state index in [9.17, 15) is 0 Å². The molecule has 0 N–H and O–H groups in total. The van der Waals surface area contributed by atoms with Crippen LogP contribution in [0.1, 0.15) is 11.1 Å². The summed E-state index contributed by atoms with van der Waals surface area (Å²) in [6.45, 7) is 12.2. The van der Waals surface area contributed by atoms with Crippen molar-refractivity contribution < 1.29 is 0 Å². The summed E-state index contributed by atoms with van der Waals surface area (Å²) >= 11 is 0. The van der Waals surface area contributed by atoms with Gasteiger partial charge in [0.1, 0.15) is 0 Å². The molecule has 144 valence electrons. The monoisotopic (exact) mass is 385 g/mol. The second-order valence-corrected chi connectivity index (χ2v) is 13.0. The molecule has 3 aromatic carbocycles. The fourth-order valence-corrected chi connectivity index (χ4v) is 6.50. The molecule has 0 bridgehead atoms. The predicted molar refractivity (Wildman–Crippen MR) is 125 cm³/mol. The van der Waals surface area contributed by atoms with E-state index < -0.39 is 8.07 Å². The van der Waals surface area contributed by atoms with Gasteiger partial charge in [0.2, 0.25) is 0 Å². The van der Waals surface area contributed by atoms with Crippen molar-refractivity contribution in [1.29, 1.82) is 0 Å². The molecule has 1 nitrogen and oxygen atoms in total. The molecule has 0 atom stereocenters. The van der Waals surface area contributed by atoms with E-state index in [4.69, 9.17) is 0 Å². The van der Waals surface area contributed by atoms with Gasteiger partial charge in [-0.3, -0.25) is 4.90 Å². The molecular weight excluding hydrogens is 354 g/mol. The molecule has 0 unspecified atom stereocenters. The van der Waals surface area contributed by atoms with E-state index in [0.29, 0.717) is 0 Å². The van der Waals surface area contributed by atoms with Crippen LogP contribution in [-0.2, 0) is 13.1 Å². The van der Waals surface area contributed by atoms with Crippen LogP contribution in [0.4, 0.5) is 0 Å². The first-order valence-corrected chi connectivity index (χ1v) is 13.3. The zero-order valence-corrected chi connectivity index (χ0v) is 18.1. The minimum absolute atomic E-state index is 0.938. The average molecular weight is 386 g/mol. The van der Waals surface area contributed by atoms with Gasteiger partial charge in [-0.25, -0.2) is 0 Å². The maximum Gasteiger partial charge on any atom is 0.0846 e. The van der Waals surface area contributed by atoms with Crippen LogP contribution >= 0.6 is 0 Å². The van der Waals surface area contributed by atoms with Gasteiger partial charge in [-0.15, -0.1) is 0 Å². The highest BCUT2D eigenvalue weighted by Crippen LogP contribution is 2.19. The molecule has 0 heterocycles. The van der Waals surface area contributed by atoms with Crippen LogP contribution in [0.15, 0.2) is 103 Å². The van der Waals surface area contributed by atoms with Crippen molar-refractivity contribution in [1.82, 2.24) is 4.90 Å². The number of hydrogen-bond acceptors (Lipinski definition) is 1. The van der Waals surface area contributed by atoms with Crippen LogP contribution in [-0.4, -0.2) is 19.5 Å². The smallest absolute Gasteiger partial charge is 0.0846 e. The Morgan fingerprint density at radius 3 is 1.61 bits per heavy atom. The molecule has 0 amide bonds. The molecule has 0 saturated carbocycles. The van der Waals surface area contributed by atoms with Crippen molar-refractivity contribution in [2.75, 3.05) is 6.54 Å². The summed E-state index contributed by atoms with van der Waals surface area (Å²) in [6, 6.07) is 33.6. The third-order valence-electron chi connectivity index (χ3n) is 5.19. The van der Waals surface area contributed by atoms with E-state index in [-0.39, 0.29) is 0 Å². The number of rotatable bonds is 9. The maximum absolute atomic E-state index is 4.48. The third kappa shape index (κ3) is 6.05. The first-order valence-electron chi connectivity index (χ1n) is 10.1. The fourth-order valence-electron chi connectivity index (χ4n) is 3.84. The molecule has 0 aliphatic heterocycles. The summed E-state index contributed by atoms with van der Waals surface area (Å²) in [5, 5.41) is 1.51. The standard InChI is InChI=1S/C26H31NSi/c1-23(22-28(2,3)26-17-11-6-12-18-26)19-27(20-24-13-7-4-8-14-24)21-25-15-9-5-10-16-25/h4-18H,1,19-22H2,2-3H3. The van der Waals surface area contributed by atoms with Gasteiger partial charge < -0.3 is 0 Å². The van der Waals surface area contributed by atoms with Crippen molar-refractivity contribution in [2.45, 2.75) is 32.2 Å². The second-order valence-electron chi connectivity index (χ2n) is 8.29. The molecule has 0 fully saturated rings. The minimum Gasteiger partial charge on any atom is -0.291 e. The van der Waals surface area contributed by atoms with Crippen molar-refractivity contribution >= 4 is 13.3 Å². The summed E-state index contributed by atoms with van der Waals surface area (Å²) in [4.78, 5) is 2.52. The molecule has 0 aromatic heterocycles. The van der Waals surface area contributed by atoms with Crippen LogP contribution in [0, 0.1) is 0 Å². The molecule has 3 rings (SSSR count). The molecule has 0 aliphatic rings. The fraction of sp³-hybridized carbons (Fsp3) is 0.231. The van der Waals surface area contributed by atoms with Gasteiger partial charge in [-0.2, -0.15) is 0 Å². The summed E-state index contributed by atoms with van der Waals surface area (Å²) < 4.78 is 0. The number of nitrogens with zero attached hydrogens (tertiary/aromatic N) is 1. The van der Waals surface area contributed by atoms with E-state index in [1.165, 1.54) is 21.9 Å². The molecule has 28 heavy (non-hydrogen) atoms. The van der Waals surface area contributed by atoms with Gasteiger partial charge in [0.15, 0.2) is 0 Å². The summed E-state index contributed by atoms with van der Waals surface area (Å²) in [6.07, 6.45) is 0. The Labute approximate surface area is 171 Å². The second kappa shape index (κ2) is 9.68. The van der Waals surface area contributed by atoms with E-state index >= 15 is 0 Å². The van der Waals surface area contributed by atoms with Crippen molar-refractivity contribution in [3.05, 3.63) is 114 Å².